The number of carbonyl (C=O) groups is 2. The Bertz CT molecular complexity index is 915. The number of morpholine rings is 1. The number of carbonyl (C=O) groups excluding carboxylic acids is 2. The van der Waals surface area contributed by atoms with Crippen LogP contribution in [0.25, 0.3) is 6.08 Å². The molecule has 2 aliphatic heterocycles. The van der Waals surface area contributed by atoms with E-state index in [4.69, 9.17) is 4.74 Å². The summed E-state index contributed by atoms with van der Waals surface area (Å²) in [5.41, 5.74) is 4.34. The molecule has 2 aliphatic rings. The fraction of sp³-hybridized carbons (Fsp3) is 0.273. The van der Waals surface area contributed by atoms with E-state index in [1.165, 1.54) is 4.90 Å². The lowest BCUT2D eigenvalue weighted by Gasteiger charge is -2.28. The maximum Gasteiger partial charge on any atom is 0.329 e. The molecule has 2 aromatic carbocycles. The van der Waals surface area contributed by atoms with Gasteiger partial charge in [-0.1, -0.05) is 42.0 Å². The van der Waals surface area contributed by atoms with Gasteiger partial charge in [0.25, 0.3) is 5.91 Å². The molecule has 0 unspecified atom stereocenters. The molecule has 2 saturated heterocycles. The number of urea groups is 1. The minimum atomic E-state index is -0.386. The van der Waals surface area contributed by atoms with Crippen LogP contribution >= 0.6 is 0 Å². The van der Waals surface area contributed by atoms with Crippen molar-refractivity contribution in [3.05, 3.63) is 70.9 Å². The summed E-state index contributed by atoms with van der Waals surface area (Å²) in [6.07, 6.45) is 1.72. The van der Waals surface area contributed by atoms with Gasteiger partial charge in [0, 0.05) is 18.8 Å². The Morgan fingerprint density at radius 2 is 1.82 bits per heavy atom. The molecule has 2 aromatic rings. The van der Waals surface area contributed by atoms with Gasteiger partial charge in [0.1, 0.15) is 5.70 Å². The summed E-state index contributed by atoms with van der Waals surface area (Å²) < 4.78 is 5.38. The van der Waals surface area contributed by atoms with Gasteiger partial charge >= 0.3 is 6.03 Å². The fourth-order valence-electron chi connectivity index (χ4n) is 3.48. The molecule has 6 nitrogen and oxygen atoms in total. The number of rotatable bonds is 4. The summed E-state index contributed by atoms with van der Waals surface area (Å²) >= 11 is 0. The van der Waals surface area contributed by atoms with Crippen LogP contribution in [0.3, 0.4) is 0 Å². The summed E-state index contributed by atoms with van der Waals surface area (Å²) in [5, 5.41) is 2.69. The molecule has 6 heteroatoms. The predicted octanol–water partition coefficient (Wildman–Crippen LogP) is 2.92. The molecule has 144 valence electrons. The zero-order valence-corrected chi connectivity index (χ0v) is 15.9. The second kappa shape index (κ2) is 7.86. The van der Waals surface area contributed by atoms with E-state index in [1.54, 1.807) is 6.08 Å². The third-order valence-corrected chi connectivity index (χ3v) is 4.97. The molecule has 0 bridgehead atoms. The lowest BCUT2D eigenvalue weighted by molar-refractivity contribution is -0.123. The first-order valence-electron chi connectivity index (χ1n) is 9.43. The minimum absolute atomic E-state index is 0.264. The number of anilines is 1. The molecule has 0 aliphatic carbocycles. The van der Waals surface area contributed by atoms with Crippen molar-refractivity contribution in [2.24, 2.45) is 0 Å². The van der Waals surface area contributed by atoms with E-state index in [-0.39, 0.29) is 18.5 Å². The molecule has 2 heterocycles. The Kier molecular flexibility index (Phi) is 5.12. The average Bonchev–Trinajstić information content (AvgIpc) is 2.97. The number of aryl methyl sites for hydroxylation is 1. The van der Waals surface area contributed by atoms with E-state index in [9.17, 15) is 9.59 Å². The quantitative estimate of drug-likeness (QED) is 0.657. The Hall–Kier alpha value is -3.12. The highest BCUT2D eigenvalue weighted by atomic mass is 16.5. The first kappa shape index (κ1) is 18.3. The van der Waals surface area contributed by atoms with Gasteiger partial charge in [-0.3, -0.25) is 9.69 Å². The van der Waals surface area contributed by atoms with Gasteiger partial charge in [-0.05, 0) is 36.3 Å². The van der Waals surface area contributed by atoms with Crippen molar-refractivity contribution in [1.29, 1.82) is 0 Å². The molecular formula is C22H23N3O3. The first-order chi connectivity index (χ1) is 13.6. The van der Waals surface area contributed by atoms with Crippen molar-refractivity contribution in [3.63, 3.8) is 0 Å². The molecule has 4 rings (SSSR count). The summed E-state index contributed by atoms with van der Waals surface area (Å²) in [5.74, 6) is -0.302. The van der Waals surface area contributed by atoms with Crippen LogP contribution in [0.1, 0.15) is 16.7 Å². The summed E-state index contributed by atoms with van der Waals surface area (Å²) in [4.78, 5) is 28.5. The fourth-order valence-corrected chi connectivity index (χ4v) is 3.48. The normalized spacial score (nSPS) is 18.7. The molecule has 0 atom stereocenters. The van der Waals surface area contributed by atoms with Gasteiger partial charge in [-0.2, -0.15) is 0 Å². The monoisotopic (exact) mass is 377 g/mol. The van der Waals surface area contributed by atoms with Gasteiger partial charge in [-0.25, -0.2) is 4.79 Å². The third kappa shape index (κ3) is 3.92. The second-order valence-corrected chi connectivity index (χ2v) is 7.06. The minimum Gasteiger partial charge on any atom is -0.378 e. The lowest BCUT2D eigenvalue weighted by atomic mass is 10.1. The molecule has 0 radical (unpaired) electrons. The second-order valence-electron chi connectivity index (χ2n) is 7.06. The topological polar surface area (TPSA) is 61.9 Å². The predicted molar refractivity (Wildman–Crippen MR) is 108 cm³/mol. The number of hydrogen-bond donors (Lipinski definition) is 1. The number of amides is 3. The van der Waals surface area contributed by atoms with Gasteiger partial charge < -0.3 is 15.0 Å². The van der Waals surface area contributed by atoms with Gasteiger partial charge in [0.15, 0.2) is 0 Å². The molecule has 28 heavy (non-hydrogen) atoms. The van der Waals surface area contributed by atoms with Crippen LogP contribution in [0.15, 0.2) is 54.2 Å². The first-order valence-corrected chi connectivity index (χ1v) is 9.43. The molecule has 0 saturated carbocycles. The molecule has 0 spiro atoms. The van der Waals surface area contributed by atoms with E-state index >= 15 is 0 Å². The number of ether oxygens (including phenoxy) is 1. The zero-order chi connectivity index (χ0) is 19.5. The van der Waals surface area contributed by atoms with Crippen LogP contribution in [0, 0.1) is 6.92 Å². The highest BCUT2D eigenvalue weighted by Gasteiger charge is 2.33. The smallest absolute Gasteiger partial charge is 0.329 e. The average molecular weight is 377 g/mol. The number of hydrogen-bond acceptors (Lipinski definition) is 4. The summed E-state index contributed by atoms with van der Waals surface area (Å²) in [6, 6.07) is 15.4. The van der Waals surface area contributed by atoms with Crippen LogP contribution in [-0.2, 0) is 16.1 Å². The number of nitrogens with one attached hydrogen (secondary N) is 1. The highest BCUT2D eigenvalue weighted by molar-refractivity contribution is 6.13. The van der Waals surface area contributed by atoms with Gasteiger partial charge in [-0.15, -0.1) is 0 Å². The van der Waals surface area contributed by atoms with E-state index in [2.05, 4.69) is 10.2 Å². The third-order valence-electron chi connectivity index (χ3n) is 4.97. The SMILES string of the molecule is Cc1cccc(CN2C(=O)N/C(=C/c3ccc(N4CCOCC4)cc3)C2=O)c1. The van der Waals surface area contributed by atoms with Crippen LogP contribution < -0.4 is 10.2 Å². The van der Waals surface area contributed by atoms with Crippen LogP contribution in [0.4, 0.5) is 10.5 Å². The number of benzene rings is 2. The summed E-state index contributed by atoms with van der Waals surface area (Å²) in [6.45, 7) is 5.49. The van der Waals surface area contributed by atoms with Gasteiger partial charge in [0.2, 0.25) is 0 Å². The molecule has 1 N–H and O–H groups in total. The largest absolute Gasteiger partial charge is 0.378 e. The van der Waals surface area contributed by atoms with Crippen molar-refractivity contribution in [1.82, 2.24) is 10.2 Å². The van der Waals surface area contributed by atoms with Gasteiger partial charge in [0.05, 0.1) is 19.8 Å². The zero-order valence-electron chi connectivity index (χ0n) is 15.9. The van der Waals surface area contributed by atoms with Crippen molar-refractivity contribution in [2.75, 3.05) is 31.2 Å². The summed E-state index contributed by atoms with van der Waals surface area (Å²) in [7, 11) is 0. The standard InChI is InChI=1S/C22H23N3O3/c1-16-3-2-4-18(13-16)15-25-21(26)20(23-22(25)27)14-17-5-7-19(8-6-17)24-9-11-28-12-10-24/h2-8,13-14H,9-12,15H2,1H3,(H,23,27)/b20-14+. The molecule has 3 amide bonds. The van der Waals surface area contributed by atoms with Crippen LogP contribution in [0.2, 0.25) is 0 Å². The lowest BCUT2D eigenvalue weighted by Crippen LogP contribution is -2.36. The van der Waals surface area contributed by atoms with E-state index in [0.29, 0.717) is 5.70 Å². The van der Waals surface area contributed by atoms with Crippen LogP contribution in [-0.4, -0.2) is 43.1 Å². The molecular weight excluding hydrogens is 354 g/mol. The Morgan fingerprint density at radius 1 is 1.07 bits per heavy atom. The Labute approximate surface area is 164 Å². The highest BCUT2D eigenvalue weighted by Crippen LogP contribution is 2.20. The van der Waals surface area contributed by atoms with E-state index in [1.807, 2.05) is 55.5 Å². The molecule has 2 fully saturated rings. The van der Waals surface area contributed by atoms with Crippen molar-refractivity contribution >= 4 is 23.7 Å². The van der Waals surface area contributed by atoms with E-state index in [0.717, 1.165) is 48.7 Å². The van der Waals surface area contributed by atoms with Crippen LogP contribution in [0.5, 0.6) is 0 Å². The molecule has 0 aromatic heterocycles. The maximum atomic E-state index is 12.7. The van der Waals surface area contributed by atoms with Crippen molar-refractivity contribution in [2.45, 2.75) is 13.5 Å². The number of nitrogens with zero attached hydrogens (tertiary/aromatic N) is 2. The number of imide groups is 1. The Morgan fingerprint density at radius 3 is 2.54 bits per heavy atom. The van der Waals surface area contributed by atoms with Crippen molar-refractivity contribution in [3.8, 4) is 0 Å². The maximum absolute atomic E-state index is 12.7. The Balaban J connectivity index is 1.47. The van der Waals surface area contributed by atoms with E-state index < -0.39 is 0 Å². The van der Waals surface area contributed by atoms with Crippen molar-refractivity contribution < 1.29 is 14.3 Å².